The molecular weight excluding hydrogens is 534 g/mol. The van der Waals surface area contributed by atoms with Crippen LogP contribution < -0.4 is 20.1 Å². The van der Waals surface area contributed by atoms with Crippen LogP contribution in [0, 0.1) is 6.92 Å². The zero-order chi connectivity index (χ0) is 25.7. The summed E-state index contributed by atoms with van der Waals surface area (Å²) in [7, 11) is 0. The maximum Gasteiger partial charge on any atom is 0.265 e. The summed E-state index contributed by atoms with van der Waals surface area (Å²) in [6, 6.07) is 14.7. The quantitative estimate of drug-likeness (QED) is 0.303. The lowest BCUT2D eigenvalue weighted by molar-refractivity contribution is -0.122. The molecule has 2 N–H and O–H groups in total. The van der Waals surface area contributed by atoms with Gasteiger partial charge in [0, 0.05) is 10.0 Å². The molecule has 184 valence electrons. The van der Waals surface area contributed by atoms with Crippen LogP contribution in [-0.4, -0.2) is 24.0 Å². The maximum absolute atomic E-state index is 12.8. The van der Waals surface area contributed by atoms with E-state index >= 15 is 0 Å². The molecule has 0 saturated carbocycles. The highest BCUT2D eigenvalue weighted by Crippen LogP contribution is 2.30. The van der Waals surface area contributed by atoms with Gasteiger partial charge in [0.15, 0.2) is 12.2 Å². The third kappa shape index (κ3) is 7.42. The minimum atomic E-state index is -0.882. The molecule has 0 aromatic heterocycles. The van der Waals surface area contributed by atoms with Crippen molar-refractivity contribution in [1.29, 1.82) is 0 Å². The first kappa shape index (κ1) is 27.0. The van der Waals surface area contributed by atoms with E-state index in [0.29, 0.717) is 32.9 Å². The fraction of sp³-hybridized carbons (Fsp3) is 0.200. The largest absolute Gasteiger partial charge is 0.479 e. The summed E-state index contributed by atoms with van der Waals surface area (Å²) in [5.74, 6) is -0.228. The van der Waals surface area contributed by atoms with Gasteiger partial charge in [-0.3, -0.25) is 9.59 Å². The van der Waals surface area contributed by atoms with E-state index in [2.05, 4.69) is 10.6 Å². The molecule has 0 heterocycles. The summed E-state index contributed by atoms with van der Waals surface area (Å²) >= 11 is 24.1. The average Bonchev–Trinajstić information content (AvgIpc) is 2.79. The highest BCUT2D eigenvalue weighted by atomic mass is 35.5. The van der Waals surface area contributed by atoms with Crippen molar-refractivity contribution in [2.75, 3.05) is 10.6 Å². The van der Waals surface area contributed by atoms with Crippen molar-refractivity contribution in [2.24, 2.45) is 0 Å². The molecule has 0 aliphatic heterocycles. The van der Waals surface area contributed by atoms with Gasteiger partial charge in [0.2, 0.25) is 0 Å². The van der Waals surface area contributed by atoms with Crippen molar-refractivity contribution in [3.05, 3.63) is 80.3 Å². The fourth-order valence-corrected chi connectivity index (χ4v) is 3.87. The fourth-order valence-electron chi connectivity index (χ4n) is 2.97. The van der Waals surface area contributed by atoms with Crippen LogP contribution in [0.1, 0.15) is 19.4 Å². The average molecular weight is 556 g/mol. The van der Waals surface area contributed by atoms with Crippen LogP contribution in [0.2, 0.25) is 20.1 Å². The number of ether oxygens (including phenoxy) is 2. The third-order valence-corrected chi connectivity index (χ3v) is 5.89. The summed E-state index contributed by atoms with van der Waals surface area (Å²) in [4.78, 5) is 25.6. The number of benzene rings is 3. The first-order valence-electron chi connectivity index (χ1n) is 10.5. The number of halogens is 4. The van der Waals surface area contributed by atoms with E-state index in [1.54, 1.807) is 56.3 Å². The molecule has 0 fully saturated rings. The molecule has 35 heavy (non-hydrogen) atoms. The second-order valence-corrected chi connectivity index (χ2v) is 9.38. The molecule has 6 nitrogen and oxygen atoms in total. The number of rotatable bonds is 8. The molecule has 0 aliphatic carbocycles. The summed E-state index contributed by atoms with van der Waals surface area (Å²) in [6.45, 7) is 5.03. The van der Waals surface area contributed by atoms with E-state index in [1.165, 1.54) is 12.1 Å². The van der Waals surface area contributed by atoms with Crippen molar-refractivity contribution >= 4 is 69.6 Å². The molecule has 2 amide bonds. The molecule has 0 spiro atoms. The summed E-state index contributed by atoms with van der Waals surface area (Å²) in [5.41, 5.74) is 1.67. The van der Waals surface area contributed by atoms with Crippen LogP contribution in [0.3, 0.4) is 0 Å². The Morgan fingerprint density at radius 2 is 1.14 bits per heavy atom. The molecule has 0 radical (unpaired) electrons. The minimum absolute atomic E-state index is 0.287. The van der Waals surface area contributed by atoms with E-state index in [-0.39, 0.29) is 10.0 Å². The first-order valence-corrected chi connectivity index (χ1v) is 12.0. The number of carbonyl (C=O) groups excluding carboxylic acids is 2. The lowest BCUT2D eigenvalue weighted by atomic mass is 10.1. The molecule has 0 aliphatic rings. The standard InChI is InChI=1S/C25H22Cl4N2O4/c1-13-4-7-20(30-24(32)14(2)34-22-8-5-16(26)11-18(22)28)21(10-13)31-25(33)15(3)35-23-9-6-17(27)12-19(23)29/h4-12,14-15H,1-3H3,(H,30,32)(H,31,33). The molecular formula is C25H22Cl4N2O4. The lowest BCUT2D eigenvalue weighted by Crippen LogP contribution is -2.32. The Hall–Kier alpha value is -2.64. The number of amides is 2. The molecule has 10 heteroatoms. The van der Waals surface area contributed by atoms with Crippen LogP contribution in [-0.2, 0) is 9.59 Å². The van der Waals surface area contributed by atoms with Crippen molar-refractivity contribution in [3.8, 4) is 11.5 Å². The van der Waals surface area contributed by atoms with Gasteiger partial charge in [-0.25, -0.2) is 0 Å². The van der Waals surface area contributed by atoms with Gasteiger partial charge >= 0.3 is 0 Å². The Morgan fingerprint density at radius 3 is 1.60 bits per heavy atom. The summed E-state index contributed by atoms with van der Waals surface area (Å²) in [6.07, 6.45) is -1.76. The topological polar surface area (TPSA) is 76.7 Å². The predicted octanol–water partition coefficient (Wildman–Crippen LogP) is 7.42. The molecule has 2 atom stereocenters. The first-order chi connectivity index (χ1) is 16.5. The van der Waals surface area contributed by atoms with Gasteiger partial charge in [0.05, 0.1) is 21.4 Å². The smallest absolute Gasteiger partial charge is 0.265 e. The van der Waals surface area contributed by atoms with Crippen LogP contribution in [0.5, 0.6) is 11.5 Å². The molecule has 3 aromatic rings. The lowest BCUT2D eigenvalue weighted by Gasteiger charge is -2.19. The third-order valence-electron chi connectivity index (χ3n) is 4.82. The summed E-state index contributed by atoms with van der Waals surface area (Å²) in [5, 5.41) is 7.04. The van der Waals surface area contributed by atoms with E-state index in [9.17, 15) is 9.59 Å². The van der Waals surface area contributed by atoms with Crippen LogP contribution >= 0.6 is 46.4 Å². The zero-order valence-corrected chi connectivity index (χ0v) is 22.0. The second kappa shape index (κ2) is 11.9. The predicted molar refractivity (Wildman–Crippen MR) is 142 cm³/mol. The Balaban J connectivity index is 1.69. The molecule has 3 aromatic carbocycles. The Morgan fingerprint density at radius 1 is 0.686 bits per heavy atom. The van der Waals surface area contributed by atoms with E-state index in [4.69, 9.17) is 55.9 Å². The Bertz CT molecular complexity index is 1250. The van der Waals surface area contributed by atoms with Crippen LogP contribution in [0.15, 0.2) is 54.6 Å². The van der Waals surface area contributed by atoms with Crippen molar-refractivity contribution in [2.45, 2.75) is 33.0 Å². The van der Waals surface area contributed by atoms with Gasteiger partial charge in [-0.15, -0.1) is 0 Å². The normalized spacial score (nSPS) is 12.4. The number of anilines is 2. The highest BCUT2D eigenvalue weighted by molar-refractivity contribution is 6.36. The Labute approximate surface area is 223 Å². The van der Waals surface area contributed by atoms with Gasteiger partial charge < -0.3 is 20.1 Å². The molecule has 3 rings (SSSR count). The zero-order valence-electron chi connectivity index (χ0n) is 19.0. The van der Waals surface area contributed by atoms with Crippen molar-refractivity contribution in [1.82, 2.24) is 0 Å². The van der Waals surface area contributed by atoms with Gasteiger partial charge in [-0.1, -0.05) is 52.5 Å². The number of hydrogen-bond donors (Lipinski definition) is 2. The molecule has 2 unspecified atom stereocenters. The van der Waals surface area contributed by atoms with E-state index in [0.717, 1.165) is 5.56 Å². The van der Waals surface area contributed by atoms with E-state index in [1.807, 2.05) is 6.92 Å². The number of carbonyl (C=O) groups is 2. The van der Waals surface area contributed by atoms with E-state index < -0.39 is 24.0 Å². The second-order valence-electron chi connectivity index (χ2n) is 7.70. The summed E-state index contributed by atoms with van der Waals surface area (Å²) < 4.78 is 11.3. The Kier molecular flexibility index (Phi) is 9.14. The van der Waals surface area contributed by atoms with Gasteiger partial charge in [0.25, 0.3) is 11.8 Å². The highest BCUT2D eigenvalue weighted by Gasteiger charge is 2.21. The number of aryl methyl sites for hydroxylation is 1. The monoisotopic (exact) mass is 554 g/mol. The van der Waals surface area contributed by atoms with Crippen molar-refractivity contribution in [3.63, 3.8) is 0 Å². The van der Waals surface area contributed by atoms with Crippen LogP contribution in [0.4, 0.5) is 11.4 Å². The molecule has 0 saturated heterocycles. The van der Waals surface area contributed by atoms with Crippen molar-refractivity contribution < 1.29 is 19.1 Å². The number of nitrogens with one attached hydrogen (secondary N) is 2. The van der Waals surface area contributed by atoms with Crippen LogP contribution in [0.25, 0.3) is 0 Å². The minimum Gasteiger partial charge on any atom is -0.479 e. The van der Waals surface area contributed by atoms with Gasteiger partial charge in [-0.05, 0) is 74.9 Å². The van der Waals surface area contributed by atoms with Gasteiger partial charge in [-0.2, -0.15) is 0 Å². The maximum atomic E-state index is 12.8. The SMILES string of the molecule is Cc1ccc(NC(=O)C(C)Oc2ccc(Cl)cc2Cl)c(NC(=O)C(C)Oc2ccc(Cl)cc2Cl)c1. The molecule has 0 bridgehead atoms. The van der Waals surface area contributed by atoms with Gasteiger partial charge in [0.1, 0.15) is 11.5 Å². The number of hydrogen-bond acceptors (Lipinski definition) is 4.